The standard InChI is InChI=1S/C42H32F8N4O2/c1-23-37(40(56)53-14-13-27(21-53)33-22-54(35-12-4-3-11-31(33)35)20-26-8-6-10-29(44)16-26)32(19-36(52-23)42(48,49)50)39(55)38-24(2)51-30(18-34(38)41(45,46)47)17-25-7-5-9-28(43)15-25/h3-12,15-16,18-19,22,27H,13-14,17,20-21H2,1-2H3. The van der Waals surface area contributed by atoms with E-state index in [2.05, 4.69) is 9.97 Å². The Bertz CT molecular complexity index is 2510. The number of para-hydroxylation sites is 1. The highest BCUT2D eigenvalue weighted by atomic mass is 19.4. The fourth-order valence-electron chi connectivity index (χ4n) is 7.52. The number of fused-ring (bicyclic) bond motifs is 1. The molecule has 3 aromatic carbocycles. The number of hydrogen-bond donors (Lipinski definition) is 0. The van der Waals surface area contributed by atoms with Gasteiger partial charge >= 0.3 is 12.4 Å². The van der Waals surface area contributed by atoms with E-state index in [9.17, 15) is 44.7 Å². The lowest BCUT2D eigenvalue weighted by Gasteiger charge is -2.22. The lowest BCUT2D eigenvalue weighted by molar-refractivity contribution is -0.141. The molecule has 4 heterocycles. The van der Waals surface area contributed by atoms with Crippen molar-refractivity contribution in [3.05, 3.63) is 164 Å². The molecule has 0 bridgehead atoms. The van der Waals surface area contributed by atoms with Crippen molar-refractivity contribution in [3.63, 3.8) is 0 Å². The summed E-state index contributed by atoms with van der Waals surface area (Å²) in [7, 11) is 0. The Balaban J connectivity index is 1.25. The maximum Gasteiger partial charge on any atom is 0.433 e. The average Bonchev–Trinajstić information content (AvgIpc) is 3.75. The first kappa shape index (κ1) is 38.4. The molecule has 6 aromatic rings. The number of benzene rings is 3. The molecular formula is C42H32F8N4O2. The Hall–Kier alpha value is -5.92. The van der Waals surface area contributed by atoms with Crippen LogP contribution in [0.2, 0.25) is 0 Å². The highest BCUT2D eigenvalue weighted by Crippen LogP contribution is 2.39. The second kappa shape index (κ2) is 14.6. The first-order valence-corrected chi connectivity index (χ1v) is 17.5. The molecule has 1 unspecified atom stereocenters. The lowest BCUT2D eigenvalue weighted by Crippen LogP contribution is -2.32. The van der Waals surface area contributed by atoms with Crippen LogP contribution in [0.4, 0.5) is 35.1 Å². The van der Waals surface area contributed by atoms with Crippen LogP contribution in [-0.2, 0) is 25.3 Å². The highest BCUT2D eigenvalue weighted by Gasteiger charge is 2.41. The Labute approximate surface area is 315 Å². The van der Waals surface area contributed by atoms with E-state index in [0.717, 1.165) is 48.0 Å². The number of halogens is 8. The number of likely N-dealkylation sites (tertiary alicyclic amines) is 1. The van der Waals surface area contributed by atoms with Crippen molar-refractivity contribution >= 4 is 22.6 Å². The van der Waals surface area contributed by atoms with Gasteiger partial charge in [-0.1, -0.05) is 42.5 Å². The summed E-state index contributed by atoms with van der Waals surface area (Å²) < 4.78 is 116. The summed E-state index contributed by atoms with van der Waals surface area (Å²) in [6.45, 7) is 2.79. The molecule has 56 heavy (non-hydrogen) atoms. The number of amides is 1. The first-order chi connectivity index (χ1) is 26.5. The molecule has 6 nitrogen and oxygen atoms in total. The van der Waals surface area contributed by atoms with Crippen molar-refractivity contribution < 1.29 is 44.7 Å². The molecule has 7 rings (SSSR count). The van der Waals surface area contributed by atoms with E-state index in [1.165, 1.54) is 29.2 Å². The molecule has 1 aliphatic rings. The van der Waals surface area contributed by atoms with Crippen molar-refractivity contribution in [1.82, 2.24) is 19.4 Å². The van der Waals surface area contributed by atoms with Gasteiger partial charge in [-0.3, -0.25) is 14.6 Å². The van der Waals surface area contributed by atoms with Gasteiger partial charge in [0.1, 0.15) is 17.3 Å². The maximum absolute atomic E-state index is 14.7. The number of pyridine rings is 2. The van der Waals surface area contributed by atoms with Gasteiger partial charge in [-0.25, -0.2) is 13.8 Å². The largest absolute Gasteiger partial charge is 0.433 e. The topological polar surface area (TPSA) is 68.1 Å². The molecule has 1 fully saturated rings. The molecule has 0 spiro atoms. The predicted molar refractivity (Wildman–Crippen MR) is 191 cm³/mol. The van der Waals surface area contributed by atoms with Crippen LogP contribution in [-0.4, -0.2) is 44.2 Å². The molecule has 0 radical (unpaired) electrons. The fourth-order valence-corrected chi connectivity index (χ4v) is 7.52. The van der Waals surface area contributed by atoms with E-state index in [1.54, 1.807) is 12.1 Å². The van der Waals surface area contributed by atoms with E-state index < -0.39 is 69.2 Å². The molecule has 1 saturated heterocycles. The van der Waals surface area contributed by atoms with Gasteiger partial charge in [0.15, 0.2) is 5.78 Å². The summed E-state index contributed by atoms with van der Waals surface area (Å²) >= 11 is 0. The highest BCUT2D eigenvalue weighted by molar-refractivity contribution is 6.17. The minimum atomic E-state index is -5.16. The molecular weight excluding hydrogens is 744 g/mol. The summed E-state index contributed by atoms with van der Waals surface area (Å²) in [6, 6.07) is 19.8. The van der Waals surface area contributed by atoms with Crippen LogP contribution in [0.3, 0.4) is 0 Å². The van der Waals surface area contributed by atoms with Gasteiger partial charge in [-0.15, -0.1) is 0 Å². The second-order valence-corrected chi connectivity index (χ2v) is 13.9. The first-order valence-electron chi connectivity index (χ1n) is 17.5. The number of alkyl halides is 6. The van der Waals surface area contributed by atoms with Crippen LogP contribution >= 0.6 is 0 Å². The Morgan fingerprint density at radius 2 is 1.43 bits per heavy atom. The van der Waals surface area contributed by atoms with Crippen LogP contribution in [0.25, 0.3) is 10.9 Å². The van der Waals surface area contributed by atoms with Crippen LogP contribution < -0.4 is 0 Å². The van der Waals surface area contributed by atoms with Crippen molar-refractivity contribution in [2.24, 2.45) is 0 Å². The smallest absolute Gasteiger partial charge is 0.343 e. The number of hydrogen-bond acceptors (Lipinski definition) is 4. The van der Waals surface area contributed by atoms with E-state index in [0.29, 0.717) is 30.7 Å². The van der Waals surface area contributed by atoms with Gasteiger partial charge in [0, 0.05) is 66.0 Å². The van der Waals surface area contributed by atoms with Crippen molar-refractivity contribution in [2.45, 2.75) is 51.5 Å². The van der Waals surface area contributed by atoms with Gasteiger partial charge in [0.05, 0.1) is 22.4 Å². The predicted octanol–water partition coefficient (Wildman–Crippen LogP) is 9.86. The molecule has 1 atom stereocenters. The van der Waals surface area contributed by atoms with E-state index in [4.69, 9.17) is 0 Å². The molecule has 288 valence electrons. The van der Waals surface area contributed by atoms with Crippen LogP contribution in [0.5, 0.6) is 0 Å². The number of ketones is 1. The van der Waals surface area contributed by atoms with E-state index in [1.807, 2.05) is 35.0 Å². The molecule has 0 aliphatic carbocycles. The number of carbonyl (C=O) groups excluding carboxylic acids is 2. The number of rotatable bonds is 8. The number of nitrogens with zero attached hydrogens (tertiary/aromatic N) is 4. The summed E-state index contributed by atoms with van der Waals surface area (Å²) in [4.78, 5) is 37.6. The second-order valence-electron chi connectivity index (χ2n) is 13.9. The molecule has 1 amide bonds. The van der Waals surface area contributed by atoms with Crippen LogP contribution in [0, 0.1) is 25.5 Å². The number of aromatic nitrogens is 3. The van der Waals surface area contributed by atoms with E-state index >= 15 is 0 Å². The third-order valence-corrected chi connectivity index (χ3v) is 9.99. The number of carbonyl (C=O) groups is 2. The number of aryl methyl sites for hydroxylation is 2. The quantitative estimate of drug-likeness (QED) is 0.114. The Kier molecular flexibility index (Phi) is 10.0. The Morgan fingerprint density at radius 3 is 2.11 bits per heavy atom. The lowest BCUT2D eigenvalue weighted by atomic mass is 9.91. The zero-order valence-electron chi connectivity index (χ0n) is 29.9. The van der Waals surface area contributed by atoms with Crippen LogP contribution in [0.15, 0.2) is 91.1 Å². The molecule has 14 heteroatoms. The van der Waals surface area contributed by atoms with Crippen molar-refractivity contribution in [3.8, 4) is 0 Å². The summed E-state index contributed by atoms with van der Waals surface area (Å²) in [6.07, 6.45) is -8.14. The summed E-state index contributed by atoms with van der Waals surface area (Å²) in [5.41, 5.74) is -3.78. The zero-order valence-corrected chi connectivity index (χ0v) is 29.9. The zero-order chi connectivity index (χ0) is 40.1. The van der Waals surface area contributed by atoms with Crippen LogP contribution in [0.1, 0.15) is 83.6 Å². The summed E-state index contributed by atoms with van der Waals surface area (Å²) in [5.74, 6) is -3.60. The fraction of sp³-hybridized carbons (Fsp3) is 0.238. The molecule has 0 N–H and O–H groups in total. The van der Waals surface area contributed by atoms with Gasteiger partial charge in [0.25, 0.3) is 5.91 Å². The van der Waals surface area contributed by atoms with Crippen molar-refractivity contribution in [1.29, 1.82) is 0 Å². The molecule has 3 aromatic heterocycles. The van der Waals surface area contributed by atoms with E-state index in [-0.39, 0.29) is 36.9 Å². The van der Waals surface area contributed by atoms with Gasteiger partial charge in [0.2, 0.25) is 0 Å². The summed E-state index contributed by atoms with van der Waals surface area (Å²) in [5, 5.41) is 0.884. The minimum absolute atomic E-state index is 0.0874. The van der Waals surface area contributed by atoms with Gasteiger partial charge in [-0.2, -0.15) is 26.3 Å². The molecule has 1 aliphatic heterocycles. The van der Waals surface area contributed by atoms with Crippen molar-refractivity contribution in [2.75, 3.05) is 13.1 Å². The monoisotopic (exact) mass is 776 g/mol. The minimum Gasteiger partial charge on any atom is -0.343 e. The molecule has 0 saturated carbocycles. The normalized spacial score (nSPS) is 14.8. The average molecular weight is 777 g/mol. The third-order valence-electron chi connectivity index (χ3n) is 9.99. The van der Waals surface area contributed by atoms with Gasteiger partial charge in [-0.05, 0) is 79.4 Å². The Morgan fingerprint density at radius 1 is 0.768 bits per heavy atom. The SMILES string of the molecule is Cc1nc(C(F)(F)F)cc(C(=O)c2c(C(F)(F)F)cc(Cc3cccc(F)c3)nc2C)c1C(=O)N1CCC(c2cn(Cc3cccc(F)c3)c3ccccc23)C1. The van der Waals surface area contributed by atoms with Gasteiger partial charge < -0.3 is 9.47 Å². The third kappa shape index (κ3) is 7.64. The maximum atomic E-state index is 14.7.